The summed E-state index contributed by atoms with van der Waals surface area (Å²) in [6.07, 6.45) is 4.42. The van der Waals surface area contributed by atoms with Crippen LogP contribution in [0, 0.1) is 24.6 Å². The van der Waals surface area contributed by atoms with Crippen molar-refractivity contribution in [3.63, 3.8) is 0 Å². The Morgan fingerprint density at radius 3 is 2.39 bits per heavy atom. The molecule has 0 unspecified atom stereocenters. The number of nitrogens with one attached hydrogen (secondary N) is 1. The molecule has 1 saturated carbocycles. The molecule has 0 saturated heterocycles. The minimum Gasteiger partial charge on any atom is -0.308 e. The lowest BCUT2D eigenvalue weighted by molar-refractivity contribution is 0.254. The fourth-order valence-corrected chi connectivity index (χ4v) is 2.85. The SMILES string of the molecule is Cc1nc(C2CCC(C(C)C)CC2)[nH]c(=O)c1F. The molecule has 3 nitrogen and oxygen atoms in total. The summed E-state index contributed by atoms with van der Waals surface area (Å²) in [7, 11) is 0. The van der Waals surface area contributed by atoms with Crippen LogP contribution in [0.3, 0.4) is 0 Å². The number of aromatic amines is 1. The zero-order valence-electron chi connectivity index (χ0n) is 11.3. The molecular formula is C14H21FN2O. The second kappa shape index (κ2) is 5.21. The fraction of sp³-hybridized carbons (Fsp3) is 0.714. The zero-order valence-corrected chi connectivity index (χ0v) is 11.3. The number of hydrogen-bond acceptors (Lipinski definition) is 2. The van der Waals surface area contributed by atoms with Crippen molar-refractivity contribution in [1.82, 2.24) is 9.97 Å². The third-order valence-electron chi connectivity index (χ3n) is 4.15. The summed E-state index contributed by atoms with van der Waals surface area (Å²) < 4.78 is 13.2. The normalized spacial score (nSPS) is 24.5. The minimum atomic E-state index is -0.755. The van der Waals surface area contributed by atoms with Crippen LogP contribution in [0.5, 0.6) is 0 Å². The molecular weight excluding hydrogens is 231 g/mol. The molecule has 1 aromatic rings. The molecule has 0 aromatic carbocycles. The molecule has 1 aliphatic carbocycles. The van der Waals surface area contributed by atoms with Crippen molar-refractivity contribution in [2.45, 2.75) is 52.4 Å². The molecule has 1 aliphatic rings. The Hall–Kier alpha value is -1.19. The van der Waals surface area contributed by atoms with E-state index < -0.39 is 11.4 Å². The topological polar surface area (TPSA) is 45.8 Å². The van der Waals surface area contributed by atoms with Crippen molar-refractivity contribution in [1.29, 1.82) is 0 Å². The Kier molecular flexibility index (Phi) is 3.83. The molecule has 1 heterocycles. The predicted molar refractivity (Wildman–Crippen MR) is 69.1 cm³/mol. The van der Waals surface area contributed by atoms with E-state index in [0.29, 0.717) is 11.7 Å². The number of aromatic nitrogens is 2. The lowest BCUT2D eigenvalue weighted by Crippen LogP contribution is -2.23. The molecule has 100 valence electrons. The molecule has 1 aromatic heterocycles. The lowest BCUT2D eigenvalue weighted by Gasteiger charge is -2.30. The van der Waals surface area contributed by atoms with Gasteiger partial charge in [-0.25, -0.2) is 4.98 Å². The molecule has 0 spiro atoms. The summed E-state index contributed by atoms with van der Waals surface area (Å²) in [6.45, 7) is 6.06. The van der Waals surface area contributed by atoms with Crippen molar-refractivity contribution in [3.05, 3.63) is 27.7 Å². The Morgan fingerprint density at radius 1 is 1.28 bits per heavy atom. The average molecular weight is 252 g/mol. The molecule has 0 amide bonds. The highest BCUT2D eigenvalue weighted by Gasteiger charge is 2.26. The molecule has 1 fully saturated rings. The summed E-state index contributed by atoms with van der Waals surface area (Å²) in [5.41, 5.74) is -0.428. The fourth-order valence-electron chi connectivity index (χ4n) is 2.85. The highest BCUT2D eigenvalue weighted by atomic mass is 19.1. The first-order chi connectivity index (χ1) is 8.49. The van der Waals surface area contributed by atoms with Crippen LogP contribution in [0.1, 0.15) is 57.0 Å². The van der Waals surface area contributed by atoms with Gasteiger partial charge in [-0.15, -0.1) is 0 Å². The molecule has 18 heavy (non-hydrogen) atoms. The maximum atomic E-state index is 13.2. The molecule has 1 N–H and O–H groups in total. The highest BCUT2D eigenvalue weighted by molar-refractivity contribution is 5.07. The van der Waals surface area contributed by atoms with Crippen LogP contribution in [0.2, 0.25) is 0 Å². The van der Waals surface area contributed by atoms with Gasteiger partial charge >= 0.3 is 0 Å². The number of hydrogen-bond donors (Lipinski definition) is 1. The van der Waals surface area contributed by atoms with Gasteiger partial charge < -0.3 is 4.98 Å². The van der Waals surface area contributed by atoms with E-state index in [1.165, 1.54) is 12.8 Å². The molecule has 0 radical (unpaired) electrons. The van der Waals surface area contributed by atoms with Crippen LogP contribution in [0.15, 0.2) is 4.79 Å². The van der Waals surface area contributed by atoms with E-state index in [9.17, 15) is 9.18 Å². The quantitative estimate of drug-likeness (QED) is 0.878. The van der Waals surface area contributed by atoms with Gasteiger partial charge in [-0.3, -0.25) is 4.79 Å². The third-order valence-corrected chi connectivity index (χ3v) is 4.15. The van der Waals surface area contributed by atoms with Crippen molar-refractivity contribution in [2.75, 3.05) is 0 Å². The Bertz CT molecular complexity index is 473. The lowest BCUT2D eigenvalue weighted by atomic mass is 9.77. The summed E-state index contributed by atoms with van der Waals surface area (Å²) in [5, 5.41) is 0. The first-order valence-corrected chi connectivity index (χ1v) is 6.75. The number of halogens is 1. The first-order valence-electron chi connectivity index (χ1n) is 6.75. The largest absolute Gasteiger partial charge is 0.308 e. The summed E-state index contributed by atoms with van der Waals surface area (Å²) >= 11 is 0. The van der Waals surface area contributed by atoms with Gasteiger partial charge in [0.15, 0.2) is 0 Å². The van der Waals surface area contributed by atoms with Crippen molar-refractivity contribution >= 4 is 0 Å². The maximum absolute atomic E-state index is 13.2. The second-order valence-corrected chi connectivity index (χ2v) is 5.71. The van der Waals surface area contributed by atoms with E-state index in [2.05, 4.69) is 23.8 Å². The number of H-pyrrole nitrogens is 1. The number of aryl methyl sites for hydroxylation is 1. The van der Waals surface area contributed by atoms with E-state index in [0.717, 1.165) is 18.8 Å². The van der Waals surface area contributed by atoms with Gasteiger partial charge in [0, 0.05) is 5.92 Å². The van der Waals surface area contributed by atoms with Gasteiger partial charge in [0.05, 0.1) is 5.69 Å². The second-order valence-electron chi connectivity index (χ2n) is 5.71. The number of rotatable bonds is 2. The van der Waals surface area contributed by atoms with Crippen LogP contribution in [0.25, 0.3) is 0 Å². The first kappa shape index (κ1) is 13.2. The van der Waals surface area contributed by atoms with E-state index in [1.54, 1.807) is 6.92 Å². The molecule has 0 bridgehead atoms. The van der Waals surface area contributed by atoms with Gasteiger partial charge in [0.25, 0.3) is 5.56 Å². The molecule has 2 rings (SSSR count). The van der Waals surface area contributed by atoms with Crippen LogP contribution < -0.4 is 5.56 Å². The van der Waals surface area contributed by atoms with E-state index in [1.807, 2.05) is 0 Å². The van der Waals surface area contributed by atoms with Gasteiger partial charge in [-0.1, -0.05) is 13.8 Å². The average Bonchev–Trinajstić information content (AvgIpc) is 2.35. The monoisotopic (exact) mass is 252 g/mol. The van der Waals surface area contributed by atoms with Crippen molar-refractivity contribution < 1.29 is 4.39 Å². The standard InChI is InChI=1S/C14H21FN2O/c1-8(2)10-4-6-11(7-5-10)13-16-9(3)12(15)14(18)17-13/h8,10-11H,4-7H2,1-3H3,(H,16,17,18). The Labute approximate surface area is 107 Å². The highest BCUT2D eigenvalue weighted by Crippen LogP contribution is 2.37. The van der Waals surface area contributed by atoms with E-state index in [4.69, 9.17) is 0 Å². The summed E-state index contributed by atoms with van der Waals surface area (Å²) in [5.74, 6) is 1.69. The van der Waals surface area contributed by atoms with Gasteiger partial charge in [-0.05, 0) is 44.4 Å². The Balaban J connectivity index is 2.13. The van der Waals surface area contributed by atoms with Crippen molar-refractivity contribution in [3.8, 4) is 0 Å². The molecule has 4 heteroatoms. The summed E-state index contributed by atoms with van der Waals surface area (Å²) in [4.78, 5) is 18.2. The maximum Gasteiger partial charge on any atom is 0.287 e. The van der Waals surface area contributed by atoms with Gasteiger partial charge in [0.1, 0.15) is 5.82 Å². The van der Waals surface area contributed by atoms with Gasteiger partial charge in [-0.2, -0.15) is 4.39 Å². The Morgan fingerprint density at radius 2 is 1.89 bits per heavy atom. The van der Waals surface area contributed by atoms with Crippen molar-refractivity contribution in [2.24, 2.45) is 11.8 Å². The minimum absolute atomic E-state index is 0.208. The van der Waals surface area contributed by atoms with E-state index in [-0.39, 0.29) is 11.6 Å². The smallest absolute Gasteiger partial charge is 0.287 e. The van der Waals surface area contributed by atoms with Crippen LogP contribution in [0.4, 0.5) is 4.39 Å². The predicted octanol–water partition coefficient (Wildman–Crippen LogP) is 3.15. The van der Waals surface area contributed by atoms with Crippen LogP contribution in [-0.4, -0.2) is 9.97 Å². The van der Waals surface area contributed by atoms with Crippen LogP contribution >= 0.6 is 0 Å². The third kappa shape index (κ3) is 2.62. The zero-order chi connectivity index (χ0) is 13.3. The van der Waals surface area contributed by atoms with E-state index >= 15 is 0 Å². The molecule has 0 aliphatic heterocycles. The number of nitrogens with zero attached hydrogens (tertiary/aromatic N) is 1. The molecule has 0 atom stereocenters. The summed E-state index contributed by atoms with van der Waals surface area (Å²) in [6, 6.07) is 0. The van der Waals surface area contributed by atoms with Gasteiger partial charge in [0.2, 0.25) is 5.82 Å². The van der Waals surface area contributed by atoms with Crippen LogP contribution in [-0.2, 0) is 0 Å².